The Hall–Kier alpha value is -1.41. The number of carbonyl (C=O) groups excluding carboxylic acids is 1. The van der Waals surface area contributed by atoms with Crippen molar-refractivity contribution in [2.45, 2.75) is 18.9 Å². The molecule has 0 aliphatic carbocycles. The molecule has 1 amide bonds. The summed E-state index contributed by atoms with van der Waals surface area (Å²) in [6, 6.07) is 2.03. The second kappa shape index (κ2) is 5.92. The number of likely N-dealkylation sites (N-methyl/N-ethyl adjacent to an activating group) is 1. The Bertz CT molecular complexity index is 555. The first kappa shape index (κ1) is 15.0. The zero-order valence-electron chi connectivity index (χ0n) is 11.8. The lowest BCUT2D eigenvalue weighted by Gasteiger charge is -2.33. The number of piperidine rings is 1. The van der Waals surface area contributed by atoms with Gasteiger partial charge < -0.3 is 4.90 Å². The van der Waals surface area contributed by atoms with E-state index in [1.807, 2.05) is 16.9 Å². The number of sulfonamides is 1. The number of amides is 1. The monoisotopic (exact) mass is 300 g/mol. The number of aromatic nitrogens is 2. The van der Waals surface area contributed by atoms with E-state index in [0.717, 1.165) is 23.4 Å². The highest BCUT2D eigenvalue weighted by atomic mass is 32.2. The maximum atomic E-state index is 12.2. The highest BCUT2D eigenvalue weighted by molar-refractivity contribution is 7.88. The molecule has 0 N–H and O–H groups in total. The zero-order valence-corrected chi connectivity index (χ0v) is 12.6. The van der Waals surface area contributed by atoms with Crippen LogP contribution in [0.5, 0.6) is 0 Å². The van der Waals surface area contributed by atoms with Crippen molar-refractivity contribution >= 4 is 15.9 Å². The maximum absolute atomic E-state index is 12.2. The Labute approximate surface area is 119 Å². The van der Waals surface area contributed by atoms with Crippen molar-refractivity contribution in [1.82, 2.24) is 19.0 Å². The van der Waals surface area contributed by atoms with Crippen molar-refractivity contribution in [3.8, 4) is 0 Å². The lowest BCUT2D eigenvalue weighted by atomic mass is 10.1. The van der Waals surface area contributed by atoms with Gasteiger partial charge in [0.15, 0.2) is 0 Å². The first-order valence-corrected chi connectivity index (χ1v) is 8.41. The third-order valence-electron chi connectivity index (χ3n) is 3.57. The number of hydrogen-bond acceptors (Lipinski definition) is 4. The van der Waals surface area contributed by atoms with Gasteiger partial charge in [-0.1, -0.05) is 0 Å². The van der Waals surface area contributed by atoms with Gasteiger partial charge in [0.25, 0.3) is 0 Å². The van der Waals surface area contributed by atoms with Crippen molar-refractivity contribution in [3.63, 3.8) is 0 Å². The summed E-state index contributed by atoms with van der Waals surface area (Å²) in [4.78, 5) is 13.9. The fourth-order valence-corrected chi connectivity index (χ4v) is 2.65. The van der Waals surface area contributed by atoms with Crippen LogP contribution in [-0.2, 0) is 14.8 Å². The predicted molar refractivity (Wildman–Crippen MR) is 74.6 cm³/mol. The van der Waals surface area contributed by atoms with Gasteiger partial charge in [-0.3, -0.25) is 9.48 Å². The SMILES string of the molecule is CN(CC(=O)N1CCC[C@@H](n2cccn2)C1)S(C)(=O)=O. The number of nitrogens with zero attached hydrogens (tertiary/aromatic N) is 4. The van der Waals surface area contributed by atoms with E-state index < -0.39 is 10.0 Å². The molecule has 0 aromatic carbocycles. The molecule has 1 fully saturated rings. The summed E-state index contributed by atoms with van der Waals surface area (Å²) in [7, 11) is -1.91. The van der Waals surface area contributed by atoms with Gasteiger partial charge in [0.05, 0.1) is 18.8 Å². The van der Waals surface area contributed by atoms with E-state index in [4.69, 9.17) is 0 Å². The number of hydrogen-bond donors (Lipinski definition) is 0. The molecule has 1 atom stereocenters. The third kappa shape index (κ3) is 3.57. The summed E-state index contributed by atoms with van der Waals surface area (Å²) < 4.78 is 25.6. The van der Waals surface area contributed by atoms with Gasteiger partial charge in [-0.15, -0.1) is 0 Å². The van der Waals surface area contributed by atoms with Crippen molar-refractivity contribution < 1.29 is 13.2 Å². The van der Waals surface area contributed by atoms with Crippen LogP contribution >= 0.6 is 0 Å². The van der Waals surface area contributed by atoms with Crippen LogP contribution in [0.3, 0.4) is 0 Å². The Morgan fingerprint density at radius 1 is 1.50 bits per heavy atom. The summed E-state index contributed by atoms with van der Waals surface area (Å²) in [6.45, 7) is 1.15. The molecule has 1 aromatic heterocycles. The number of likely N-dealkylation sites (tertiary alicyclic amines) is 1. The fraction of sp³-hybridized carbons (Fsp3) is 0.667. The lowest BCUT2D eigenvalue weighted by Crippen LogP contribution is -2.45. The third-order valence-corrected chi connectivity index (χ3v) is 4.83. The first-order valence-electron chi connectivity index (χ1n) is 6.56. The Kier molecular flexibility index (Phi) is 4.44. The van der Waals surface area contributed by atoms with Gasteiger partial charge in [0.2, 0.25) is 15.9 Å². The molecular weight excluding hydrogens is 280 g/mol. The molecule has 1 aromatic rings. The normalized spacial score (nSPS) is 20.4. The minimum Gasteiger partial charge on any atom is -0.339 e. The molecule has 20 heavy (non-hydrogen) atoms. The fourth-order valence-electron chi connectivity index (χ4n) is 2.30. The largest absolute Gasteiger partial charge is 0.339 e. The van der Waals surface area contributed by atoms with Crippen LogP contribution in [0.4, 0.5) is 0 Å². The van der Waals surface area contributed by atoms with E-state index in [2.05, 4.69) is 5.10 Å². The zero-order chi connectivity index (χ0) is 14.8. The summed E-state index contributed by atoms with van der Waals surface area (Å²) >= 11 is 0. The first-order chi connectivity index (χ1) is 9.38. The van der Waals surface area contributed by atoms with Crippen LogP contribution in [0.15, 0.2) is 18.5 Å². The van der Waals surface area contributed by atoms with E-state index in [9.17, 15) is 13.2 Å². The second-order valence-electron chi connectivity index (χ2n) is 5.14. The predicted octanol–water partition coefficient (Wildman–Crippen LogP) is -0.0620. The minimum atomic E-state index is -3.33. The molecule has 112 valence electrons. The molecule has 1 saturated heterocycles. The highest BCUT2D eigenvalue weighted by Gasteiger charge is 2.26. The van der Waals surface area contributed by atoms with Gasteiger partial charge in [0.1, 0.15) is 0 Å². The Balaban J connectivity index is 1.97. The average molecular weight is 300 g/mol. The molecule has 2 rings (SSSR count). The summed E-state index contributed by atoms with van der Waals surface area (Å²) in [5.41, 5.74) is 0. The molecule has 0 radical (unpaired) electrons. The van der Waals surface area contributed by atoms with Crippen LogP contribution in [0.1, 0.15) is 18.9 Å². The van der Waals surface area contributed by atoms with Gasteiger partial charge in [-0.25, -0.2) is 8.42 Å². The summed E-state index contributed by atoms with van der Waals surface area (Å²) in [5, 5.41) is 4.21. The average Bonchev–Trinajstić information content (AvgIpc) is 2.91. The standard InChI is InChI=1S/C12H20N4O3S/c1-14(20(2,18)19)10-12(17)15-7-3-5-11(9-15)16-8-4-6-13-16/h4,6,8,11H,3,5,7,9-10H2,1-2H3/t11-/m1/s1. The van der Waals surface area contributed by atoms with Crippen molar-refractivity contribution in [2.24, 2.45) is 0 Å². The van der Waals surface area contributed by atoms with E-state index in [0.29, 0.717) is 13.1 Å². The van der Waals surface area contributed by atoms with E-state index in [1.165, 1.54) is 7.05 Å². The molecule has 0 spiro atoms. The van der Waals surface area contributed by atoms with Gasteiger partial charge in [-0.05, 0) is 18.9 Å². The molecule has 8 heteroatoms. The van der Waals surface area contributed by atoms with Crippen molar-refractivity contribution in [1.29, 1.82) is 0 Å². The van der Waals surface area contributed by atoms with E-state index in [1.54, 1.807) is 11.1 Å². The Morgan fingerprint density at radius 3 is 2.85 bits per heavy atom. The topological polar surface area (TPSA) is 75.5 Å². The van der Waals surface area contributed by atoms with E-state index >= 15 is 0 Å². The smallest absolute Gasteiger partial charge is 0.237 e. The van der Waals surface area contributed by atoms with Gasteiger partial charge in [0, 0.05) is 32.5 Å². The molecule has 2 heterocycles. The van der Waals surface area contributed by atoms with Crippen molar-refractivity contribution in [2.75, 3.05) is 32.9 Å². The molecular formula is C12H20N4O3S. The summed E-state index contributed by atoms with van der Waals surface area (Å²) in [6.07, 6.45) is 6.59. The molecule has 7 nitrogen and oxygen atoms in total. The number of carbonyl (C=O) groups is 1. The molecule has 0 unspecified atom stereocenters. The lowest BCUT2D eigenvalue weighted by molar-refractivity contribution is -0.132. The van der Waals surface area contributed by atoms with Crippen LogP contribution in [0.25, 0.3) is 0 Å². The molecule has 1 aliphatic heterocycles. The molecule has 0 bridgehead atoms. The van der Waals surface area contributed by atoms with Gasteiger partial charge >= 0.3 is 0 Å². The molecule has 0 saturated carbocycles. The Morgan fingerprint density at radius 2 is 2.25 bits per heavy atom. The second-order valence-corrected chi connectivity index (χ2v) is 7.23. The highest BCUT2D eigenvalue weighted by Crippen LogP contribution is 2.20. The van der Waals surface area contributed by atoms with E-state index in [-0.39, 0.29) is 18.5 Å². The number of rotatable bonds is 4. The van der Waals surface area contributed by atoms with Gasteiger partial charge in [-0.2, -0.15) is 9.40 Å². The van der Waals surface area contributed by atoms with Crippen molar-refractivity contribution in [3.05, 3.63) is 18.5 Å². The molecule has 1 aliphatic rings. The van der Waals surface area contributed by atoms with Crippen LogP contribution in [-0.4, -0.2) is 66.2 Å². The van der Waals surface area contributed by atoms with Crippen LogP contribution in [0, 0.1) is 0 Å². The van der Waals surface area contributed by atoms with Crippen LogP contribution in [0.2, 0.25) is 0 Å². The minimum absolute atomic E-state index is 0.106. The maximum Gasteiger partial charge on any atom is 0.237 e. The van der Waals surface area contributed by atoms with Crippen LogP contribution < -0.4 is 0 Å². The quantitative estimate of drug-likeness (QED) is 0.780. The summed E-state index contributed by atoms with van der Waals surface area (Å²) in [5.74, 6) is -0.158.